The smallest absolute Gasteiger partial charge is 0.124 e. The molecule has 0 fully saturated rings. The summed E-state index contributed by atoms with van der Waals surface area (Å²) in [5, 5.41) is 0.388. The topological polar surface area (TPSA) is 35.2 Å². The third-order valence-electron chi connectivity index (χ3n) is 2.84. The summed E-state index contributed by atoms with van der Waals surface area (Å²) < 4.78 is 18.4. The second-order valence-corrected chi connectivity index (χ2v) is 4.64. The molecule has 19 heavy (non-hydrogen) atoms. The van der Waals surface area contributed by atoms with Crippen LogP contribution in [0.15, 0.2) is 42.5 Å². The van der Waals surface area contributed by atoms with Crippen molar-refractivity contribution in [2.75, 3.05) is 12.3 Å². The highest BCUT2D eigenvalue weighted by Crippen LogP contribution is 2.18. The van der Waals surface area contributed by atoms with Crippen LogP contribution in [0.3, 0.4) is 0 Å². The molecule has 0 radical (unpaired) electrons. The number of nitrogen functional groups attached to an aromatic ring is 1. The Labute approximate surface area is 117 Å². The first-order valence-corrected chi connectivity index (χ1v) is 6.39. The average Bonchev–Trinajstić information content (AvgIpc) is 2.38. The lowest BCUT2D eigenvalue weighted by atomic mass is 10.1. The zero-order chi connectivity index (χ0) is 13.7. The van der Waals surface area contributed by atoms with E-state index in [-0.39, 0.29) is 5.82 Å². The molecule has 0 unspecified atom stereocenters. The van der Waals surface area contributed by atoms with Crippen LogP contribution in [0.4, 0.5) is 10.1 Å². The van der Waals surface area contributed by atoms with E-state index in [1.165, 1.54) is 12.1 Å². The van der Waals surface area contributed by atoms with Crippen LogP contribution >= 0.6 is 11.6 Å². The van der Waals surface area contributed by atoms with E-state index >= 15 is 0 Å². The molecule has 2 aromatic rings. The Kier molecular flexibility index (Phi) is 4.77. The average molecular weight is 280 g/mol. The third kappa shape index (κ3) is 3.94. The fraction of sp³-hybridized carbons (Fsp3) is 0.200. The number of benzene rings is 2. The zero-order valence-corrected chi connectivity index (χ0v) is 11.2. The molecule has 2 N–H and O–H groups in total. The van der Waals surface area contributed by atoms with Crippen molar-refractivity contribution < 1.29 is 9.13 Å². The van der Waals surface area contributed by atoms with Gasteiger partial charge in [-0.15, -0.1) is 0 Å². The summed E-state index contributed by atoms with van der Waals surface area (Å²) in [5.41, 5.74) is 8.45. The van der Waals surface area contributed by atoms with Crippen molar-refractivity contribution in [3.05, 3.63) is 64.4 Å². The summed E-state index contributed by atoms with van der Waals surface area (Å²) in [6.45, 7) is 0.910. The quantitative estimate of drug-likeness (QED) is 0.667. The van der Waals surface area contributed by atoms with Gasteiger partial charge in [-0.2, -0.15) is 0 Å². The SMILES string of the molecule is Nc1ccccc1CCOCc1ccc(F)cc1Cl. The Bertz CT molecular complexity index is 560. The number of nitrogens with two attached hydrogens (primary N) is 1. The van der Waals surface area contributed by atoms with E-state index in [0.717, 1.165) is 23.2 Å². The van der Waals surface area contributed by atoms with Crippen molar-refractivity contribution in [2.45, 2.75) is 13.0 Å². The third-order valence-corrected chi connectivity index (χ3v) is 3.20. The van der Waals surface area contributed by atoms with Crippen LogP contribution in [0.5, 0.6) is 0 Å². The van der Waals surface area contributed by atoms with Crippen LogP contribution in [0.1, 0.15) is 11.1 Å². The van der Waals surface area contributed by atoms with E-state index in [9.17, 15) is 4.39 Å². The minimum atomic E-state index is -0.342. The van der Waals surface area contributed by atoms with E-state index in [4.69, 9.17) is 22.1 Å². The lowest BCUT2D eigenvalue weighted by Crippen LogP contribution is -2.02. The van der Waals surface area contributed by atoms with Crippen molar-refractivity contribution in [1.29, 1.82) is 0 Å². The molecule has 0 saturated heterocycles. The predicted molar refractivity (Wildman–Crippen MR) is 75.6 cm³/mol. The van der Waals surface area contributed by atoms with Crippen LogP contribution in [-0.2, 0) is 17.8 Å². The van der Waals surface area contributed by atoms with Crippen LogP contribution in [0.2, 0.25) is 5.02 Å². The Hall–Kier alpha value is -1.58. The van der Waals surface area contributed by atoms with Gasteiger partial charge in [-0.1, -0.05) is 35.9 Å². The lowest BCUT2D eigenvalue weighted by molar-refractivity contribution is 0.124. The fourth-order valence-corrected chi connectivity index (χ4v) is 1.99. The molecule has 0 spiro atoms. The number of halogens is 2. The van der Waals surface area contributed by atoms with Crippen molar-refractivity contribution >= 4 is 17.3 Å². The van der Waals surface area contributed by atoms with E-state index in [2.05, 4.69) is 0 Å². The number of hydrogen-bond donors (Lipinski definition) is 1. The molecule has 4 heteroatoms. The summed E-state index contributed by atoms with van der Waals surface area (Å²) in [4.78, 5) is 0. The maximum atomic E-state index is 12.9. The molecule has 2 rings (SSSR count). The van der Waals surface area contributed by atoms with E-state index in [0.29, 0.717) is 18.2 Å². The number of ether oxygens (including phenoxy) is 1. The van der Waals surface area contributed by atoms with Gasteiger partial charge in [0.15, 0.2) is 0 Å². The Morgan fingerprint density at radius 3 is 2.63 bits per heavy atom. The van der Waals surface area contributed by atoms with Gasteiger partial charge in [-0.05, 0) is 35.7 Å². The van der Waals surface area contributed by atoms with Crippen molar-refractivity contribution in [3.8, 4) is 0 Å². The monoisotopic (exact) mass is 279 g/mol. The summed E-state index contributed by atoms with van der Waals surface area (Å²) in [5.74, 6) is -0.342. The van der Waals surface area contributed by atoms with Gasteiger partial charge in [-0.3, -0.25) is 0 Å². The maximum Gasteiger partial charge on any atom is 0.124 e. The number of rotatable bonds is 5. The summed E-state index contributed by atoms with van der Waals surface area (Å²) >= 11 is 5.91. The second kappa shape index (κ2) is 6.55. The van der Waals surface area contributed by atoms with Crippen LogP contribution in [-0.4, -0.2) is 6.61 Å². The highest BCUT2D eigenvalue weighted by Gasteiger charge is 2.03. The molecule has 0 atom stereocenters. The fourth-order valence-electron chi connectivity index (χ4n) is 1.76. The number of anilines is 1. The molecular weight excluding hydrogens is 265 g/mol. The van der Waals surface area contributed by atoms with Gasteiger partial charge in [0, 0.05) is 10.7 Å². The van der Waals surface area contributed by atoms with E-state index in [1.54, 1.807) is 6.07 Å². The molecule has 0 aromatic heterocycles. The van der Waals surface area contributed by atoms with Gasteiger partial charge in [0.25, 0.3) is 0 Å². The molecule has 0 aliphatic heterocycles. The van der Waals surface area contributed by atoms with Gasteiger partial charge in [0.1, 0.15) is 5.82 Å². The molecule has 0 bridgehead atoms. The van der Waals surface area contributed by atoms with Gasteiger partial charge in [0.2, 0.25) is 0 Å². The summed E-state index contributed by atoms with van der Waals surface area (Å²) in [6.07, 6.45) is 0.742. The van der Waals surface area contributed by atoms with Gasteiger partial charge >= 0.3 is 0 Å². The van der Waals surface area contributed by atoms with E-state index in [1.807, 2.05) is 24.3 Å². The number of para-hydroxylation sites is 1. The van der Waals surface area contributed by atoms with Crippen LogP contribution < -0.4 is 5.73 Å². The van der Waals surface area contributed by atoms with Crippen molar-refractivity contribution in [1.82, 2.24) is 0 Å². The lowest BCUT2D eigenvalue weighted by Gasteiger charge is -2.08. The molecule has 0 aliphatic rings. The summed E-state index contributed by atoms with van der Waals surface area (Å²) in [6, 6.07) is 12.0. The molecule has 2 aromatic carbocycles. The molecule has 0 aliphatic carbocycles. The second-order valence-electron chi connectivity index (χ2n) is 4.24. The van der Waals surface area contributed by atoms with Crippen LogP contribution in [0.25, 0.3) is 0 Å². The van der Waals surface area contributed by atoms with Crippen molar-refractivity contribution in [2.24, 2.45) is 0 Å². The van der Waals surface area contributed by atoms with Crippen molar-refractivity contribution in [3.63, 3.8) is 0 Å². The Balaban J connectivity index is 1.83. The molecule has 100 valence electrons. The zero-order valence-electron chi connectivity index (χ0n) is 10.4. The molecule has 0 heterocycles. The first-order valence-electron chi connectivity index (χ1n) is 6.02. The van der Waals surface area contributed by atoms with Gasteiger partial charge in [0.05, 0.1) is 13.2 Å². The highest BCUT2D eigenvalue weighted by molar-refractivity contribution is 6.31. The van der Waals surface area contributed by atoms with Gasteiger partial charge in [-0.25, -0.2) is 4.39 Å². The minimum Gasteiger partial charge on any atom is -0.399 e. The maximum absolute atomic E-state index is 12.9. The highest BCUT2D eigenvalue weighted by atomic mass is 35.5. The Morgan fingerprint density at radius 2 is 1.89 bits per heavy atom. The molecular formula is C15H15ClFNO. The first-order chi connectivity index (χ1) is 9.16. The number of hydrogen-bond acceptors (Lipinski definition) is 2. The normalized spacial score (nSPS) is 10.6. The minimum absolute atomic E-state index is 0.342. The molecule has 0 amide bonds. The standard InChI is InChI=1S/C15H15ClFNO/c16-14-9-13(17)6-5-12(14)10-19-8-7-11-3-1-2-4-15(11)18/h1-6,9H,7-8,10,18H2. The Morgan fingerprint density at radius 1 is 1.11 bits per heavy atom. The predicted octanol–water partition coefficient (Wildman–Crippen LogP) is 3.82. The summed E-state index contributed by atoms with van der Waals surface area (Å²) in [7, 11) is 0. The first kappa shape index (κ1) is 13.8. The molecule has 0 saturated carbocycles. The molecule has 2 nitrogen and oxygen atoms in total. The largest absolute Gasteiger partial charge is 0.399 e. The van der Waals surface area contributed by atoms with Gasteiger partial charge < -0.3 is 10.5 Å². The van der Waals surface area contributed by atoms with Crippen LogP contribution in [0, 0.1) is 5.82 Å². The van der Waals surface area contributed by atoms with E-state index < -0.39 is 0 Å².